The Bertz CT molecular complexity index is 940. The fourth-order valence-corrected chi connectivity index (χ4v) is 4.77. The summed E-state index contributed by atoms with van der Waals surface area (Å²) in [4.78, 5) is 47.1. The maximum absolute atomic E-state index is 13.0. The van der Waals surface area contributed by atoms with Gasteiger partial charge in [-0.1, -0.05) is 5.16 Å². The fraction of sp³-hybridized carbons (Fsp3) is 0.286. The molecule has 0 aliphatic carbocycles. The van der Waals surface area contributed by atoms with Crippen molar-refractivity contribution in [1.82, 2.24) is 9.88 Å². The van der Waals surface area contributed by atoms with Gasteiger partial charge in [0.2, 0.25) is 11.7 Å². The summed E-state index contributed by atoms with van der Waals surface area (Å²) in [6, 6.07) is 0. The molecule has 1 saturated heterocycles. The highest BCUT2D eigenvalue weighted by Gasteiger charge is 2.59. The third-order valence-electron chi connectivity index (χ3n) is 4.03. The molecule has 0 saturated carbocycles. The number of hydrogen-bond acceptors (Lipinski definition) is 12. The number of carboxylic acids is 1. The highest BCUT2D eigenvalue weighted by molar-refractivity contribution is 8.00. The number of amides is 1. The first-order valence-corrected chi connectivity index (χ1v) is 9.45. The largest absolute Gasteiger partial charge is 0.477 e. The molecule has 1 aromatic heterocycles. The number of carbonyl (C=O) groups excluding carboxylic acids is 2. The second kappa shape index (κ2) is 7.57. The van der Waals surface area contributed by atoms with Gasteiger partial charge in [-0.15, -0.1) is 23.1 Å². The Hall–Kier alpha value is -2.97. The third kappa shape index (κ3) is 3.10. The van der Waals surface area contributed by atoms with Crippen molar-refractivity contribution in [1.29, 1.82) is 0 Å². The van der Waals surface area contributed by atoms with E-state index in [1.807, 2.05) is 0 Å². The number of aromatic nitrogens is 1. The number of Topliss-reactive ketones (excluding diaryl/α,β-unsaturated/α-hetero) is 1. The van der Waals surface area contributed by atoms with Crippen LogP contribution >= 0.6 is 23.1 Å². The zero-order valence-corrected chi connectivity index (χ0v) is 15.9. The van der Waals surface area contributed by atoms with Gasteiger partial charge in [-0.3, -0.25) is 14.5 Å². The van der Waals surface area contributed by atoms with Gasteiger partial charge in [0, 0.05) is 11.0 Å². The molecule has 2 aliphatic rings. The van der Waals surface area contributed by atoms with Crippen molar-refractivity contribution in [2.45, 2.75) is 10.7 Å². The minimum Gasteiger partial charge on any atom is -0.477 e. The van der Waals surface area contributed by atoms with E-state index in [0.29, 0.717) is 0 Å². The molecule has 3 heterocycles. The molecule has 28 heavy (non-hydrogen) atoms. The van der Waals surface area contributed by atoms with E-state index in [2.05, 4.69) is 15.2 Å². The van der Waals surface area contributed by atoms with Gasteiger partial charge in [0.1, 0.15) is 29.8 Å². The third-order valence-corrected chi connectivity index (χ3v) is 6.01. The fourth-order valence-electron chi connectivity index (χ4n) is 2.87. The second-order valence-corrected chi connectivity index (χ2v) is 7.73. The molecule has 3 rings (SSSR count). The van der Waals surface area contributed by atoms with Crippen LogP contribution < -0.4 is 17.3 Å². The second-order valence-electron chi connectivity index (χ2n) is 5.58. The van der Waals surface area contributed by atoms with E-state index in [1.165, 1.54) is 12.5 Å². The van der Waals surface area contributed by atoms with Gasteiger partial charge in [-0.05, 0) is 0 Å². The van der Waals surface area contributed by atoms with Gasteiger partial charge < -0.3 is 27.3 Å². The first-order valence-electron chi connectivity index (χ1n) is 7.63. The average molecular weight is 425 g/mol. The van der Waals surface area contributed by atoms with Crippen molar-refractivity contribution in [3.63, 3.8) is 0 Å². The van der Waals surface area contributed by atoms with Crippen LogP contribution in [0.3, 0.4) is 0 Å². The van der Waals surface area contributed by atoms with Crippen LogP contribution in [-0.2, 0) is 19.2 Å². The van der Waals surface area contributed by atoms with Crippen LogP contribution in [0.1, 0.15) is 5.69 Å². The maximum atomic E-state index is 13.0. The van der Waals surface area contributed by atoms with Crippen LogP contribution in [0, 0.1) is 5.92 Å². The lowest BCUT2D eigenvalue weighted by Crippen LogP contribution is -2.66. The summed E-state index contributed by atoms with van der Waals surface area (Å²) >= 11 is 2.13. The minimum atomic E-state index is -1.38. The number of nitrogens with two attached hydrogens (primary N) is 3. The predicted molar refractivity (Wildman–Crippen MR) is 102 cm³/mol. The number of thiazole rings is 1. The summed E-state index contributed by atoms with van der Waals surface area (Å²) in [6.45, 7) is 0. The van der Waals surface area contributed by atoms with E-state index < -0.39 is 34.3 Å². The lowest BCUT2D eigenvalue weighted by molar-refractivity contribution is -0.155. The molecule has 7 N–H and O–H groups in total. The monoisotopic (exact) mass is 425 g/mol. The van der Waals surface area contributed by atoms with Crippen molar-refractivity contribution in [3.8, 4) is 0 Å². The van der Waals surface area contributed by atoms with Gasteiger partial charge in [0.25, 0.3) is 0 Å². The zero-order chi connectivity index (χ0) is 20.6. The molecule has 14 heteroatoms. The number of aliphatic carboxylic acids is 1. The molecule has 2 unspecified atom stereocenters. The van der Waals surface area contributed by atoms with Gasteiger partial charge in [-0.2, -0.15) is 5.10 Å². The number of β-lactam (4-membered cyclic amide) rings is 1. The first kappa shape index (κ1) is 19.8. The summed E-state index contributed by atoms with van der Waals surface area (Å²) in [7, 11) is 1.24. The Morgan fingerprint density at radius 1 is 1.46 bits per heavy atom. The van der Waals surface area contributed by atoms with Crippen molar-refractivity contribution < 1.29 is 24.3 Å². The highest BCUT2D eigenvalue weighted by Crippen LogP contribution is 2.46. The number of anilines is 1. The number of hydrazone groups is 1. The lowest BCUT2D eigenvalue weighted by atomic mass is 9.88. The molecule has 0 spiro atoms. The molecule has 0 radical (unpaired) electrons. The maximum Gasteiger partial charge on any atom is 0.353 e. The molecular weight excluding hydrogens is 410 g/mol. The smallest absolute Gasteiger partial charge is 0.353 e. The van der Waals surface area contributed by atoms with Crippen LogP contribution in [0.5, 0.6) is 0 Å². The molecule has 0 bridgehead atoms. The molecule has 1 aromatic rings. The summed E-state index contributed by atoms with van der Waals surface area (Å²) < 4.78 is 0. The van der Waals surface area contributed by atoms with Crippen molar-refractivity contribution in [2.24, 2.45) is 27.8 Å². The standard InChI is InChI=1S/C14H15N7O5S2/c1-26-20-7(5-3-27-14(16)19-5)9(22)6-11(23)21-8(13(24)25)4(2-18-17)10(15)28-12(6)21/h2-3,6,10,12H,15,17H2,1H3,(H2,16,19)(H,24,25)/b18-2?,20-7-/t6?,10?,12-/m1/s1. The number of rotatable bonds is 6. The van der Waals surface area contributed by atoms with E-state index in [-0.39, 0.29) is 27.8 Å². The number of carbonyl (C=O) groups is 3. The molecule has 1 amide bonds. The van der Waals surface area contributed by atoms with Gasteiger partial charge in [-0.25, -0.2) is 9.78 Å². The first-order chi connectivity index (χ1) is 13.3. The number of ketones is 1. The summed E-state index contributed by atoms with van der Waals surface area (Å²) in [5, 5.41) is 16.5. The lowest BCUT2D eigenvalue weighted by Gasteiger charge is -2.49. The van der Waals surface area contributed by atoms with Crippen molar-refractivity contribution in [3.05, 3.63) is 22.3 Å². The summed E-state index contributed by atoms with van der Waals surface area (Å²) in [5.74, 6) is 1.15. The number of fused-ring (bicyclic) bond motifs is 1. The van der Waals surface area contributed by atoms with E-state index in [1.54, 1.807) is 0 Å². The van der Waals surface area contributed by atoms with Crippen LogP contribution in [0.25, 0.3) is 0 Å². The van der Waals surface area contributed by atoms with Gasteiger partial charge in [0.15, 0.2) is 10.8 Å². The van der Waals surface area contributed by atoms with Crippen LogP contribution in [0.4, 0.5) is 5.13 Å². The van der Waals surface area contributed by atoms with E-state index in [4.69, 9.17) is 22.1 Å². The number of thioether (sulfide) groups is 1. The van der Waals surface area contributed by atoms with E-state index in [9.17, 15) is 19.5 Å². The quantitative estimate of drug-likeness (QED) is 0.140. The number of oxime groups is 1. The Labute approximate surface area is 166 Å². The topological polar surface area (TPSA) is 200 Å². The van der Waals surface area contributed by atoms with Gasteiger partial charge in [0.05, 0.1) is 11.6 Å². The average Bonchev–Trinajstić information content (AvgIpc) is 3.06. The Kier molecular flexibility index (Phi) is 5.35. The number of nitrogen functional groups attached to an aromatic ring is 1. The number of nitrogens with zero attached hydrogens (tertiary/aromatic N) is 4. The van der Waals surface area contributed by atoms with Crippen LogP contribution in [0.15, 0.2) is 26.9 Å². The molecule has 148 valence electrons. The molecule has 12 nitrogen and oxygen atoms in total. The summed E-state index contributed by atoms with van der Waals surface area (Å²) in [6.07, 6.45) is 1.08. The molecule has 0 aromatic carbocycles. The molecule has 3 atom stereocenters. The molecular formula is C14H15N7O5S2. The van der Waals surface area contributed by atoms with E-state index in [0.717, 1.165) is 34.2 Å². The Balaban J connectivity index is 1.97. The molecule has 2 aliphatic heterocycles. The number of hydrogen-bond donors (Lipinski definition) is 4. The SMILES string of the molecule is CO/N=C(\C(=O)C1C(=O)N2C(C(=O)O)=C(C=NN)C(N)S[C@H]12)c1csc(N)n1. The predicted octanol–water partition coefficient (Wildman–Crippen LogP) is -1.26. The zero-order valence-electron chi connectivity index (χ0n) is 14.3. The normalized spacial score (nSPS) is 24.9. The Morgan fingerprint density at radius 2 is 2.18 bits per heavy atom. The van der Waals surface area contributed by atoms with E-state index >= 15 is 0 Å². The van der Waals surface area contributed by atoms with Crippen molar-refractivity contribution >= 4 is 57.8 Å². The Morgan fingerprint density at radius 3 is 2.71 bits per heavy atom. The van der Waals surface area contributed by atoms with Crippen LogP contribution in [-0.4, -0.2) is 62.4 Å². The summed E-state index contributed by atoms with van der Waals surface area (Å²) in [5.41, 5.74) is 11.3. The van der Waals surface area contributed by atoms with Crippen LogP contribution in [0.2, 0.25) is 0 Å². The minimum absolute atomic E-state index is 0.0774. The highest BCUT2D eigenvalue weighted by atomic mass is 32.2. The van der Waals surface area contributed by atoms with Gasteiger partial charge >= 0.3 is 5.97 Å². The van der Waals surface area contributed by atoms with Crippen molar-refractivity contribution in [2.75, 3.05) is 12.8 Å². The number of carboxylic acid groups (broad SMARTS) is 1. The molecule has 1 fully saturated rings.